The van der Waals surface area contributed by atoms with Crippen molar-refractivity contribution in [3.8, 4) is 0 Å². The van der Waals surface area contributed by atoms with Gasteiger partial charge in [-0.3, -0.25) is 9.59 Å². The molecule has 2 unspecified atom stereocenters. The van der Waals surface area contributed by atoms with E-state index in [4.69, 9.17) is 9.47 Å². The number of nitrogens with one attached hydrogen (secondary N) is 1. The number of hydrogen-bond acceptors (Lipinski definition) is 5. The van der Waals surface area contributed by atoms with Gasteiger partial charge in [0.1, 0.15) is 12.1 Å². The molecular formula is C15H25N3O4. The molecule has 0 aliphatic carbocycles. The van der Waals surface area contributed by atoms with Crippen LogP contribution in [0.1, 0.15) is 19.3 Å². The Morgan fingerprint density at radius 3 is 2.55 bits per heavy atom. The first-order valence-electron chi connectivity index (χ1n) is 8.27. The van der Waals surface area contributed by atoms with E-state index in [1.165, 1.54) is 0 Å². The quantitative estimate of drug-likeness (QED) is 0.724. The first-order valence-corrected chi connectivity index (χ1v) is 8.27. The van der Waals surface area contributed by atoms with Crippen LogP contribution in [0.5, 0.6) is 0 Å². The van der Waals surface area contributed by atoms with Gasteiger partial charge in [-0.05, 0) is 19.3 Å². The van der Waals surface area contributed by atoms with Gasteiger partial charge in [-0.1, -0.05) is 0 Å². The van der Waals surface area contributed by atoms with Crippen LogP contribution in [-0.2, 0) is 19.1 Å². The van der Waals surface area contributed by atoms with Crippen molar-refractivity contribution >= 4 is 11.8 Å². The molecule has 7 heteroatoms. The van der Waals surface area contributed by atoms with Gasteiger partial charge in [-0.25, -0.2) is 0 Å². The molecule has 0 saturated carbocycles. The van der Waals surface area contributed by atoms with Crippen molar-refractivity contribution in [3.05, 3.63) is 0 Å². The molecule has 3 saturated heterocycles. The molecule has 0 aromatic rings. The zero-order valence-electron chi connectivity index (χ0n) is 13.0. The third-order valence-electron chi connectivity index (χ3n) is 4.60. The smallest absolute Gasteiger partial charge is 0.253 e. The van der Waals surface area contributed by atoms with E-state index >= 15 is 0 Å². The Kier molecular flexibility index (Phi) is 5.28. The van der Waals surface area contributed by atoms with Gasteiger partial charge in [0, 0.05) is 32.7 Å². The molecule has 0 aromatic heterocycles. The van der Waals surface area contributed by atoms with Crippen molar-refractivity contribution < 1.29 is 19.1 Å². The Labute approximate surface area is 130 Å². The Hall–Kier alpha value is -1.18. The van der Waals surface area contributed by atoms with Gasteiger partial charge in [0.2, 0.25) is 5.91 Å². The van der Waals surface area contributed by atoms with Gasteiger partial charge in [-0.15, -0.1) is 0 Å². The van der Waals surface area contributed by atoms with E-state index in [1.807, 2.05) is 4.90 Å². The summed E-state index contributed by atoms with van der Waals surface area (Å²) in [4.78, 5) is 29.1. The molecule has 3 aliphatic rings. The van der Waals surface area contributed by atoms with E-state index < -0.39 is 6.10 Å². The van der Waals surface area contributed by atoms with Crippen LogP contribution in [0.15, 0.2) is 0 Å². The third-order valence-corrected chi connectivity index (χ3v) is 4.60. The number of likely N-dealkylation sites (tertiary alicyclic amines) is 1. The van der Waals surface area contributed by atoms with Crippen LogP contribution >= 0.6 is 0 Å². The number of hydrogen-bond donors (Lipinski definition) is 1. The lowest BCUT2D eigenvalue weighted by Gasteiger charge is -2.40. The standard InChI is InChI=1S/C15H25N3O4/c19-14(17-6-9-21-10-7-17)12-3-1-2-5-18(12)15(20)13-11-16-4-8-22-13/h12-13,16H,1-11H2. The predicted octanol–water partition coefficient (Wildman–Crippen LogP) is -0.785. The molecule has 124 valence electrons. The summed E-state index contributed by atoms with van der Waals surface area (Å²) in [6.07, 6.45) is 2.25. The van der Waals surface area contributed by atoms with E-state index in [-0.39, 0.29) is 17.9 Å². The van der Waals surface area contributed by atoms with Gasteiger partial charge < -0.3 is 24.6 Å². The molecule has 0 radical (unpaired) electrons. The fourth-order valence-corrected chi connectivity index (χ4v) is 3.36. The largest absolute Gasteiger partial charge is 0.378 e. The predicted molar refractivity (Wildman–Crippen MR) is 79.4 cm³/mol. The minimum Gasteiger partial charge on any atom is -0.378 e. The van der Waals surface area contributed by atoms with Crippen LogP contribution in [0.3, 0.4) is 0 Å². The van der Waals surface area contributed by atoms with Crippen molar-refractivity contribution in [2.24, 2.45) is 0 Å². The maximum absolute atomic E-state index is 12.8. The average Bonchev–Trinajstić information content (AvgIpc) is 2.62. The molecule has 2 atom stereocenters. The second kappa shape index (κ2) is 7.39. The van der Waals surface area contributed by atoms with Gasteiger partial charge in [0.25, 0.3) is 5.91 Å². The normalized spacial score (nSPS) is 30.2. The van der Waals surface area contributed by atoms with Gasteiger partial charge in [0.15, 0.2) is 0 Å². The maximum atomic E-state index is 12.8. The highest BCUT2D eigenvalue weighted by molar-refractivity contribution is 5.90. The van der Waals surface area contributed by atoms with Crippen LogP contribution in [-0.4, -0.2) is 86.3 Å². The van der Waals surface area contributed by atoms with Crippen LogP contribution in [0.2, 0.25) is 0 Å². The number of nitrogens with zero attached hydrogens (tertiary/aromatic N) is 2. The van der Waals surface area contributed by atoms with Crippen molar-refractivity contribution in [3.63, 3.8) is 0 Å². The molecular weight excluding hydrogens is 286 g/mol. The SMILES string of the molecule is O=C(C1CCCCN1C(=O)C1CNCCO1)N1CCOCC1. The third kappa shape index (κ3) is 3.42. The second-order valence-electron chi connectivity index (χ2n) is 6.04. The summed E-state index contributed by atoms with van der Waals surface area (Å²) in [5.74, 6) is 0.0265. The van der Waals surface area contributed by atoms with Crippen molar-refractivity contribution in [1.82, 2.24) is 15.1 Å². The van der Waals surface area contributed by atoms with E-state index in [2.05, 4.69) is 5.32 Å². The van der Waals surface area contributed by atoms with E-state index in [9.17, 15) is 9.59 Å². The molecule has 7 nitrogen and oxygen atoms in total. The highest BCUT2D eigenvalue weighted by Gasteiger charge is 2.38. The molecule has 3 fully saturated rings. The van der Waals surface area contributed by atoms with E-state index in [1.54, 1.807) is 4.90 Å². The minimum absolute atomic E-state index is 0.0430. The molecule has 22 heavy (non-hydrogen) atoms. The minimum atomic E-state index is -0.452. The first kappa shape index (κ1) is 15.7. The topological polar surface area (TPSA) is 71.1 Å². The van der Waals surface area contributed by atoms with E-state index in [0.29, 0.717) is 46.0 Å². The maximum Gasteiger partial charge on any atom is 0.253 e. The average molecular weight is 311 g/mol. The fraction of sp³-hybridized carbons (Fsp3) is 0.867. The van der Waals surface area contributed by atoms with Crippen molar-refractivity contribution in [1.29, 1.82) is 0 Å². The molecule has 3 aliphatic heterocycles. The number of piperidine rings is 1. The molecule has 1 N–H and O–H groups in total. The summed E-state index contributed by atoms with van der Waals surface area (Å²) >= 11 is 0. The summed E-state index contributed by atoms with van der Waals surface area (Å²) < 4.78 is 10.9. The zero-order valence-corrected chi connectivity index (χ0v) is 13.0. The molecule has 3 heterocycles. The summed E-state index contributed by atoms with van der Waals surface area (Å²) in [6, 6.07) is -0.329. The Balaban J connectivity index is 1.67. The number of amides is 2. The van der Waals surface area contributed by atoms with Gasteiger partial charge in [0.05, 0.1) is 19.8 Å². The molecule has 2 amide bonds. The van der Waals surface area contributed by atoms with E-state index in [0.717, 1.165) is 25.8 Å². The van der Waals surface area contributed by atoms with Gasteiger partial charge in [-0.2, -0.15) is 0 Å². The van der Waals surface area contributed by atoms with Gasteiger partial charge >= 0.3 is 0 Å². The number of carbonyl (C=O) groups is 2. The highest BCUT2D eigenvalue weighted by atomic mass is 16.5. The summed E-state index contributed by atoms with van der Waals surface area (Å²) in [5, 5.41) is 3.18. The monoisotopic (exact) mass is 311 g/mol. The van der Waals surface area contributed by atoms with Crippen LogP contribution in [0, 0.1) is 0 Å². The van der Waals surface area contributed by atoms with Crippen molar-refractivity contribution in [2.45, 2.75) is 31.4 Å². The summed E-state index contributed by atoms with van der Waals surface area (Å²) in [6.45, 7) is 4.93. The molecule has 3 rings (SSSR count). The van der Waals surface area contributed by atoms with Crippen LogP contribution in [0.25, 0.3) is 0 Å². The number of carbonyl (C=O) groups excluding carboxylic acids is 2. The summed E-state index contributed by atoms with van der Waals surface area (Å²) in [5.41, 5.74) is 0. The lowest BCUT2D eigenvalue weighted by Crippen LogP contribution is -2.59. The number of morpholine rings is 2. The molecule has 0 aromatic carbocycles. The molecule has 0 spiro atoms. The first-order chi connectivity index (χ1) is 10.8. The van der Waals surface area contributed by atoms with Crippen LogP contribution < -0.4 is 5.32 Å². The zero-order chi connectivity index (χ0) is 15.4. The lowest BCUT2D eigenvalue weighted by molar-refractivity contribution is -0.157. The Bertz CT molecular complexity index is 368. The van der Waals surface area contributed by atoms with Crippen LogP contribution in [0.4, 0.5) is 0 Å². The Morgan fingerprint density at radius 1 is 1.00 bits per heavy atom. The Morgan fingerprint density at radius 2 is 1.82 bits per heavy atom. The number of rotatable bonds is 2. The fourth-order valence-electron chi connectivity index (χ4n) is 3.36. The number of ether oxygens (including phenoxy) is 2. The highest BCUT2D eigenvalue weighted by Crippen LogP contribution is 2.21. The molecule has 0 bridgehead atoms. The summed E-state index contributed by atoms with van der Waals surface area (Å²) in [7, 11) is 0. The van der Waals surface area contributed by atoms with Crippen molar-refractivity contribution in [2.75, 3.05) is 52.5 Å². The lowest BCUT2D eigenvalue weighted by atomic mass is 9.99. The second-order valence-corrected chi connectivity index (χ2v) is 6.04.